The standard InChI is InChI=1S/C20H24N4O7/c1-11(31-10-9-30-8-7-21)17(26)22-13-4-2-3-12-16(13)20(29)24(19(12)28)14-5-6-15(25)23-18(14)27/h2-4,11,14H,5-10,21H2,1H3,(H,22,26)(H,23,25,27). The second-order valence-corrected chi connectivity index (χ2v) is 7.08. The van der Waals surface area contributed by atoms with Crippen molar-refractivity contribution in [3.05, 3.63) is 29.3 Å². The molecule has 2 heterocycles. The molecule has 0 saturated carbocycles. The van der Waals surface area contributed by atoms with Gasteiger partial charge in [0.15, 0.2) is 0 Å². The zero-order chi connectivity index (χ0) is 22.5. The number of hydrogen-bond acceptors (Lipinski definition) is 8. The number of fused-ring (bicyclic) bond motifs is 1. The van der Waals surface area contributed by atoms with Crippen LogP contribution < -0.4 is 16.4 Å². The van der Waals surface area contributed by atoms with E-state index in [1.54, 1.807) is 6.92 Å². The number of hydrogen-bond donors (Lipinski definition) is 3. The number of amides is 5. The molecule has 2 aliphatic rings. The maximum Gasteiger partial charge on any atom is 0.264 e. The fourth-order valence-corrected chi connectivity index (χ4v) is 3.40. The molecule has 5 amide bonds. The predicted octanol–water partition coefficient (Wildman–Crippen LogP) is -0.593. The van der Waals surface area contributed by atoms with Gasteiger partial charge in [0.05, 0.1) is 36.6 Å². The molecule has 1 saturated heterocycles. The van der Waals surface area contributed by atoms with Gasteiger partial charge in [-0.25, -0.2) is 0 Å². The van der Waals surface area contributed by atoms with Crippen molar-refractivity contribution in [2.75, 3.05) is 31.7 Å². The normalized spacial score (nSPS) is 19.3. The summed E-state index contributed by atoms with van der Waals surface area (Å²) < 4.78 is 10.6. The molecule has 1 fully saturated rings. The third-order valence-electron chi connectivity index (χ3n) is 4.95. The average molecular weight is 432 g/mol. The fraction of sp³-hybridized carbons (Fsp3) is 0.450. The molecule has 0 aromatic heterocycles. The minimum atomic E-state index is -1.08. The van der Waals surface area contributed by atoms with Gasteiger partial charge in [-0.1, -0.05) is 6.07 Å². The van der Waals surface area contributed by atoms with Crippen molar-refractivity contribution in [2.45, 2.75) is 31.9 Å². The summed E-state index contributed by atoms with van der Waals surface area (Å²) in [5, 5.41) is 4.75. The van der Waals surface area contributed by atoms with E-state index in [-0.39, 0.29) is 42.9 Å². The highest BCUT2D eigenvalue weighted by Gasteiger charge is 2.45. The van der Waals surface area contributed by atoms with Crippen LogP contribution in [0.15, 0.2) is 18.2 Å². The maximum absolute atomic E-state index is 13.0. The summed E-state index contributed by atoms with van der Waals surface area (Å²) in [4.78, 5) is 62.7. The Morgan fingerprint density at radius 2 is 2.00 bits per heavy atom. The Bertz CT molecular complexity index is 917. The van der Waals surface area contributed by atoms with Crippen LogP contribution in [-0.4, -0.2) is 72.9 Å². The van der Waals surface area contributed by atoms with Crippen LogP contribution in [0.25, 0.3) is 0 Å². The van der Waals surface area contributed by atoms with E-state index in [4.69, 9.17) is 15.2 Å². The summed E-state index contributed by atoms with van der Waals surface area (Å²) in [6, 6.07) is 3.39. The van der Waals surface area contributed by atoms with Crippen molar-refractivity contribution in [1.82, 2.24) is 10.2 Å². The monoisotopic (exact) mass is 432 g/mol. The molecule has 0 aliphatic carbocycles. The van der Waals surface area contributed by atoms with Gasteiger partial charge in [0.2, 0.25) is 11.8 Å². The molecule has 31 heavy (non-hydrogen) atoms. The highest BCUT2D eigenvalue weighted by molar-refractivity contribution is 6.26. The van der Waals surface area contributed by atoms with Crippen LogP contribution in [0.3, 0.4) is 0 Å². The largest absolute Gasteiger partial charge is 0.378 e. The molecule has 2 atom stereocenters. The molecule has 2 aliphatic heterocycles. The smallest absolute Gasteiger partial charge is 0.264 e. The SMILES string of the molecule is CC(OCCOCCN)C(=O)Nc1cccc2c1C(=O)N(C1CCC(=O)NC1=O)C2=O. The first-order chi connectivity index (χ1) is 14.8. The van der Waals surface area contributed by atoms with E-state index in [0.717, 1.165) is 4.90 Å². The van der Waals surface area contributed by atoms with Crippen LogP contribution >= 0.6 is 0 Å². The number of nitrogens with two attached hydrogens (primary N) is 1. The van der Waals surface area contributed by atoms with E-state index in [2.05, 4.69) is 10.6 Å². The summed E-state index contributed by atoms with van der Waals surface area (Å²) in [6.45, 7) is 2.79. The fourth-order valence-electron chi connectivity index (χ4n) is 3.40. The Morgan fingerprint density at radius 3 is 2.71 bits per heavy atom. The van der Waals surface area contributed by atoms with Crippen molar-refractivity contribution < 1.29 is 33.4 Å². The second-order valence-electron chi connectivity index (χ2n) is 7.08. The minimum absolute atomic E-state index is 0.00373. The van der Waals surface area contributed by atoms with Gasteiger partial charge in [0.1, 0.15) is 12.1 Å². The van der Waals surface area contributed by atoms with Gasteiger partial charge < -0.3 is 20.5 Å². The van der Waals surface area contributed by atoms with Gasteiger partial charge in [-0.15, -0.1) is 0 Å². The number of ether oxygens (including phenoxy) is 2. The van der Waals surface area contributed by atoms with Crippen molar-refractivity contribution in [1.29, 1.82) is 0 Å². The van der Waals surface area contributed by atoms with Crippen molar-refractivity contribution >= 4 is 35.2 Å². The molecule has 1 aromatic rings. The Labute approximate surface area is 178 Å². The van der Waals surface area contributed by atoms with Crippen LogP contribution in [0.2, 0.25) is 0 Å². The highest BCUT2D eigenvalue weighted by atomic mass is 16.5. The van der Waals surface area contributed by atoms with E-state index in [1.807, 2.05) is 0 Å². The van der Waals surface area contributed by atoms with Crippen LogP contribution in [0.1, 0.15) is 40.5 Å². The summed E-state index contributed by atoms with van der Waals surface area (Å²) in [6.07, 6.45) is -0.762. The van der Waals surface area contributed by atoms with E-state index >= 15 is 0 Å². The highest BCUT2D eigenvalue weighted by Crippen LogP contribution is 2.32. The third kappa shape index (κ3) is 4.79. The van der Waals surface area contributed by atoms with Gasteiger partial charge in [0.25, 0.3) is 17.7 Å². The molecule has 3 rings (SSSR count). The van der Waals surface area contributed by atoms with E-state index in [1.165, 1.54) is 18.2 Å². The topological polar surface area (TPSA) is 157 Å². The lowest BCUT2D eigenvalue weighted by Gasteiger charge is -2.27. The summed E-state index contributed by atoms with van der Waals surface area (Å²) in [5.74, 6) is -3.00. The molecule has 11 nitrogen and oxygen atoms in total. The number of rotatable bonds is 9. The molecule has 0 radical (unpaired) electrons. The number of nitrogens with zero attached hydrogens (tertiary/aromatic N) is 1. The molecule has 1 aromatic carbocycles. The molecule has 2 unspecified atom stereocenters. The van der Waals surface area contributed by atoms with Crippen molar-refractivity contribution in [2.24, 2.45) is 5.73 Å². The molecule has 11 heteroatoms. The number of benzene rings is 1. The Morgan fingerprint density at radius 1 is 1.23 bits per heavy atom. The van der Waals surface area contributed by atoms with Crippen molar-refractivity contribution in [3.8, 4) is 0 Å². The quantitative estimate of drug-likeness (QED) is 0.345. The summed E-state index contributed by atoms with van der Waals surface area (Å²) >= 11 is 0. The van der Waals surface area contributed by atoms with Crippen molar-refractivity contribution in [3.63, 3.8) is 0 Å². The minimum Gasteiger partial charge on any atom is -0.378 e. The van der Waals surface area contributed by atoms with E-state index < -0.39 is 41.7 Å². The third-order valence-corrected chi connectivity index (χ3v) is 4.95. The Balaban J connectivity index is 1.71. The lowest BCUT2D eigenvalue weighted by atomic mass is 10.0. The maximum atomic E-state index is 13.0. The van der Waals surface area contributed by atoms with Gasteiger partial charge in [-0.05, 0) is 25.5 Å². The lowest BCUT2D eigenvalue weighted by molar-refractivity contribution is -0.136. The van der Waals surface area contributed by atoms with Gasteiger partial charge in [-0.2, -0.15) is 0 Å². The van der Waals surface area contributed by atoms with Crippen LogP contribution in [0, 0.1) is 0 Å². The number of carbonyl (C=O) groups excluding carboxylic acids is 5. The van der Waals surface area contributed by atoms with Crippen LogP contribution in [-0.2, 0) is 23.9 Å². The zero-order valence-corrected chi connectivity index (χ0v) is 17.0. The van der Waals surface area contributed by atoms with Crippen LogP contribution in [0.4, 0.5) is 5.69 Å². The summed E-state index contributed by atoms with van der Waals surface area (Å²) in [5.41, 5.74) is 5.55. The second kappa shape index (κ2) is 9.77. The van der Waals surface area contributed by atoms with Gasteiger partial charge in [0, 0.05) is 13.0 Å². The lowest BCUT2D eigenvalue weighted by Crippen LogP contribution is -2.54. The van der Waals surface area contributed by atoms with E-state index in [0.29, 0.717) is 13.2 Å². The van der Waals surface area contributed by atoms with Gasteiger partial charge in [-0.3, -0.25) is 34.2 Å². The number of imide groups is 2. The number of nitrogens with one attached hydrogen (secondary N) is 2. The summed E-state index contributed by atoms with van der Waals surface area (Å²) in [7, 11) is 0. The molecular weight excluding hydrogens is 408 g/mol. The molecular formula is C20H24N4O7. The predicted molar refractivity (Wildman–Crippen MR) is 107 cm³/mol. The first kappa shape index (κ1) is 22.5. The first-order valence-corrected chi connectivity index (χ1v) is 9.90. The Kier molecular flexibility index (Phi) is 7.10. The number of anilines is 1. The first-order valence-electron chi connectivity index (χ1n) is 9.90. The Hall–Kier alpha value is -3.15. The van der Waals surface area contributed by atoms with Gasteiger partial charge >= 0.3 is 0 Å². The number of piperidine rings is 1. The molecule has 0 bridgehead atoms. The number of carbonyl (C=O) groups is 5. The van der Waals surface area contributed by atoms with E-state index in [9.17, 15) is 24.0 Å². The van der Waals surface area contributed by atoms with Crippen LogP contribution in [0.5, 0.6) is 0 Å². The molecule has 4 N–H and O–H groups in total. The molecule has 0 spiro atoms. The zero-order valence-electron chi connectivity index (χ0n) is 17.0. The molecule has 166 valence electrons. The average Bonchev–Trinajstić information content (AvgIpc) is 2.99.